The molecule has 7 nitrogen and oxygen atoms in total. The van der Waals surface area contributed by atoms with E-state index in [1.54, 1.807) is 0 Å². The number of carbonyl (C=O) groups excluding carboxylic acids is 5. The van der Waals surface area contributed by atoms with Crippen LogP contribution in [0.1, 0.15) is 25.7 Å². The van der Waals surface area contributed by atoms with Gasteiger partial charge in [-0.25, -0.2) is 0 Å². The Bertz CT molecular complexity index is 303. The van der Waals surface area contributed by atoms with Crippen LogP contribution in [0.4, 0.5) is 0 Å². The van der Waals surface area contributed by atoms with Crippen molar-refractivity contribution in [2.75, 3.05) is 6.61 Å². The summed E-state index contributed by atoms with van der Waals surface area (Å²) in [5.74, 6) is -1.20. The van der Waals surface area contributed by atoms with E-state index in [9.17, 15) is 24.0 Å². The first-order valence-corrected chi connectivity index (χ1v) is 5.33. The molecule has 0 aromatic carbocycles. The third kappa shape index (κ3) is 8.14. The highest BCUT2D eigenvalue weighted by molar-refractivity contribution is 5.84. The molecule has 0 heterocycles. The smallest absolute Gasteiger partial charge is 0.306 e. The largest absolute Gasteiger partial charge is 0.458 e. The van der Waals surface area contributed by atoms with Crippen LogP contribution in [0.15, 0.2) is 0 Å². The Labute approximate surface area is 103 Å². The zero-order chi connectivity index (χ0) is 13.8. The Hall–Kier alpha value is -2.05. The van der Waals surface area contributed by atoms with E-state index >= 15 is 0 Å². The summed E-state index contributed by atoms with van der Waals surface area (Å²) in [7, 11) is 0. The molecule has 0 saturated heterocycles. The fourth-order valence-electron chi connectivity index (χ4n) is 1.04. The molecule has 0 atom stereocenters. The molecule has 0 aromatic rings. The minimum absolute atomic E-state index is 0.000853. The second-order valence-corrected chi connectivity index (χ2v) is 3.28. The van der Waals surface area contributed by atoms with Crippen LogP contribution < -0.4 is 0 Å². The van der Waals surface area contributed by atoms with Crippen LogP contribution in [0.5, 0.6) is 0 Å². The molecule has 0 amide bonds. The van der Waals surface area contributed by atoms with Gasteiger partial charge in [-0.05, 0) is 12.8 Å². The van der Waals surface area contributed by atoms with Crippen molar-refractivity contribution in [3.8, 4) is 0 Å². The molecule has 0 saturated carbocycles. The van der Waals surface area contributed by atoms with Gasteiger partial charge in [-0.15, -0.1) is 0 Å². The molecule has 7 heteroatoms. The molecule has 18 heavy (non-hydrogen) atoms. The van der Waals surface area contributed by atoms with Crippen molar-refractivity contribution in [1.82, 2.24) is 0 Å². The van der Waals surface area contributed by atoms with Gasteiger partial charge >= 0.3 is 11.9 Å². The maximum absolute atomic E-state index is 11.1. The fourth-order valence-corrected chi connectivity index (χ4v) is 1.04. The van der Waals surface area contributed by atoms with Crippen LogP contribution in [0, 0.1) is 0 Å². The first-order valence-electron chi connectivity index (χ1n) is 5.33. The number of unbranched alkanes of at least 4 members (excludes halogenated alkanes) is 1. The average molecular weight is 258 g/mol. The molecule has 0 rings (SSSR count). The number of esters is 2. The van der Waals surface area contributed by atoms with Crippen LogP contribution in [0.2, 0.25) is 0 Å². The van der Waals surface area contributed by atoms with Crippen molar-refractivity contribution in [2.24, 2.45) is 0 Å². The summed E-state index contributed by atoms with van der Waals surface area (Å²) in [6.45, 7) is -0.277. The normalized spacial score (nSPS) is 9.61. The quantitative estimate of drug-likeness (QED) is 0.227. The predicted molar refractivity (Wildman–Crippen MR) is 57.5 cm³/mol. The SMILES string of the molecule is O=CCOC(=O)CCCCC(=O)OC(C=O)C=O. The van der Waals surface area contributed by atoms with Gasteiger partial charge in [0, 0.05) is 12.8 Å². The summed E-state index contributed by atoms with van der Waals surface area (Å²) >= 11 is 0. The lowest BCUT2D eigenvalue weighted by Gasteiger charge is -2.05. The van der Waals surface area contributed by atoms with Crippen molar-refractivity contribution < 1.29 is 33.4 Å². The third-order valence-corrected chi connectivity index (χ3v) is 1.86. The van der Waals surface area contributed by atoms with Crippen molar-refractivity contribution in [2.45, 2.75) is 31.8 Å². The monoisotopic (exact) mass is 258 g/mol. The van der Waals surface area contributed by atoms with Gasteiger partial charge in [-0.3, -0.25) is 24.0 Å². The lowest BCUT2D eigenvalue weighted by Crippen LogP contribution is -2.20. The topological polar surface area (TPSA) is 104 Å². The van der Waals surface area contributed by atoms with Crippen LogP contribution in [0.25, 0.3) is 0 Å². The van der Waals surface area contributed by atoms with Crippen molar-refractivity contribution in [1.29, 1.82) is 0 Å². The van der Waals surface area contributed by atoms with Crippen LogP contribution >= 0.6 is 0 Å². The molecule has 0 aliphatic heterocycles. The van der Waals surface area contributed by atoms with Crippen molar-refractivity contribution in [3.63, 3.8) is 0 Å². The molecule has 0 aromatic heterocycles. The Morgan fingerprint density at radius 1 is 0.944 bits per heavy atom. The van der Waals surface area contributed by atoms with Gasteiger partial charge in [0.05, 0.1) is 0 Å². The summed E-state index contributed by atoms with van der Waals surface area (Å²) in [4.78, 5) is 52.3. The molecule has 0 aliphatic rings. The Kier molecular flexibility index (Phi) is 8.97. The highest BCUT2D eigenvalue weighted by Gasteiger charge is 2.12. The minimum atomic E-state index is -1.37. The molecule has 0 radical (unpaired) electrons. The summed E-state index contributed by atoms with van der Waals surface area (Å²) in [6.07, 6.45) is 0.386. The van der Waals surface area contributed by atoms with Crippen molar-refractivity contribution >= 4 is 30.8 Å². The first kappa shape index (κ1) is 16.0. The van der Waals surface area contributed by atoms with E-state index in [2.05, 4.69) is 9.47 Å². The Balaban J connectivity index is 3.62. The lowest BCUT2D eigenvalue weighted by atomic mass is 10.2. The molecule has 0 unspecified atom stereocenters. The van der Waals surface area contributed by atoms with Gasteiger partial charge in [-0.2, -0.15) is 0 Å². The van der Waals surface area contributed by atoms with E-state index in [1.165, 1.54) is 0 Å². The van der Waals surface area contributed by atoms with Gasteiger partial charge < -0.3 is 9.47 Å². The Morgan fingerprint density at radius 3 is 2.00 bits per heavy atom. The predicted octanol–water partition coefficient (Wildman–Crippen LogP) is -0.401. The molecule has 0 spiro atoms. The first-order chi connectivity index (χ1) is 8.63. The third-order valence-electron chi connectivity index (χ3n) is 1.86. The highest BCUT2D eigenvalue weighted by Crippen LogP contribution is 2.03. The molecule has 100 valence electrons. The number of hydrogen-bond donors (Lipinski definition) is 0. The molecule has 0 bridgehead atoms. The van der Waals surface area contributed by atoms with E-state index in [0.29, 0.717) is 19.1 Å². The summed E-state index contributed by atoms with van der Waals surface area (Å²) < 4.78 is 8.96. The molecular formula is C11H14O7. The van der Waals surface area contributed by atoms with Gasteiger partial charge in [0.2, 0.25) is 6.10 Å². The fraction of sp³-hybridized carbons (Fsp3) is 0.545. The summed E-state index contributed by atoms with van der Waals surface area (Å²) in [5, 5.41) is 0. The number of rotatable bonds is 10. The maximum atomic E-state index is 11.1. The van der Waals surface area contributed by atoms with E-state index in [1.807, 2.05) is 0 Å². The van der Waals surface area contributed by atoms with Gasteiger partial charge in [0.25, 0.3) is 0 Å². The van der Waals surface area contributed by atoms with E-state index in [4.69, 9.17) is 0 Å². The van der Waals surface area contributed by atoms with E-state index in [-0.39, 0.29) is 32.0 Å². The second kappa shape index (κ2) is 10.1. The number of carbonyl (C=O) groups is 5. The number of aldehydes is 3. The van der Waals surface area contributed by atoms with Crippen LogP contribution in [-0.4, -0.2) is 43.5 Å². The highest BCUT2D eigenvalue weighted by atomic mass is 16.5. The number of hydrogen-bond acceptors (Lipinski definition) is 7. The summed E-state index contributed by atoms with van der Waals surface area (Å²) in [5.41, 5.74) is 0. The molecule has 0 fully saturated rings. The van der Waals surface area contributed by atoms with E-state index < -0.39 is 18.0 Å². The number of ether oxygens (including phenoxy) is 2. The van der Waals surface area contributed by atoms with Crippen LogP contribution in [0.3, 0.4) is 0 Å². The molecule has 0 N–H and O–H groups in total. The summed E-state index contributed by atoms with van der Waals surface area (Å²) in [6, 6.07) is 0. The van der Waals surface area contributed by atoms with Gasteiger partial charge in [-0.1, -0.05) is 0 Å². The standard InChI is InChI=1S/C11H14O7/c12-5-6-17-10(15)3-1-2-4-11(16)18-9(7-13)8-14/h5,7-9H,1-4,6H2. The molecular weight excluding hydrogens is 244 g/mol. The molecule has 0 aliphatic carbocycles. The maximum Gasteiger partial charge on any atom is 0.306 e. The Morgan fingerprint density at radius 2 is 1.50 bits per heavy atom. The zero-order valence-corrected chi connectivity index (χ0v) is 9.70. The lowest BCUT2D eigenvalue weighted by molar-refractivity contribution is -0.154. The minimum Gasteiger partial charge on any atom is -0.458 e. The average Bonchev–Trinajstić information content (AvgIpc) is 2.38. The van der Waals surface area contributed by atoms with Gasteiger partial charge in [0.1, 0.15) is 6.61 Å². The second-order valence-electron chi connectivity index (χ2n) is 3.28. The van der Waals surface area contributed by atoms with Crippen LogP contribution in [-0.2, 0) is 33.4 Å². The van der Waals surface area contributed by atoms with Crippen molar-refractivity contribution in [3.05, 3.63) is 0 Å². The van der Waals surface area contributed by atoms with E-state index in [0.717, 1.165) is 0 Å². The zero-order valence-electron chi connectivity index (χ0n) is 9.70. The van der Waals surface area contributed by atoms with Gasteiger partial charge in [0.15, 0.2) is 18.9 Å².